The number of thiophene rings is 1. The molecule has 13 rings (SSSR count). The Hall–Kier alpha value is -7.80. The maximum atomic E-state index is 6.62. The van der Waals surface area contributed by atoms with Gasteiger partial charge in [-0.2, -0.15) is 0 Å². The van der Waals surface area contributed by atoms with E-state index in [1.807, 2.05) is 12.1 Å². The number of furan rings is 1. The van der Waals surface area contributed by atoms with E-state index < -0.39 is 6.17 Å². The number of nitrogens with zero attached hydrogens (tertiary/aromatic N) is 3. The lowest BCUT2D eigenvalue weighted by Crippen LogP contribution is -2.34. The van der Waals surface area contributed by atoms with Gasteiger partial charge in [0.2, 0.25) is 0 Å². The highest BCUT2D eigenvalue weighted by Gasteiger charge is 2.28. The normalized spacial score (nSPS) is 14.4. The molecule has 0 fully saturated rings. The first-order valence-corrected chi connectivity index (χ1v) is 21.4. The van der Waals surface area contributed by atoms with E-state index in [1.165, 1.54) is 47.3 Å². The van der Waals surface area contributed by atoms with E-state index in [-0.39, 0.29) is 0 Å². The number of amidine groups is 2. The number of nitrogens with one attached hydrogen (secondary N) is 1. The summed E-state index contributed by atoms with van der Waals surface area (Å²) in [5.41, 5.74) is 10.2. The second kappa shape index (κ2) is 13.4. The van der Waals surface area contributed by atoms with Gasteiger partial charge < -0.3 is 14.3 Å². The largest absolute Gasteiger partial charge is 0.456 e. The van der Waals surface area contributed by atoms with Crippen molar-refractivity contribution in [3.05, 3.63) is 211 Å². The molecule has 6 heteroatoms. The number of hydrogen-bond acceptors (Lipinski definition) is 5. The molecule has 1 atom stereocenters. The van der Waals surface area contributed by atoms with E-state index in [9.17, 15) is 0 Å². The van der Waals surface area contributed by atoms with Gasteiger partial charge in [-0.3, -0.25) is 0 Å². The van der Waals surface area contributed by atoms with Crippen LogP contribution in [0.25, 0.3) is 91.5 Å². The number of fused-ring (bicyclic) bond motifs is 10. The number of benzene rings is 9. The Labute approximate surface area is 354 Å². The molecule has 5 nitrogen and oxygen atoms in total. The fraction of sp³-hybridized carbons (Fsp3) is 0.0182. The Morgan fingerprint density at radius 2 is 1.18 bits per heavy atom. The monoisotopic (exact) mass is 798 g/mol. The second-order valence-corrected chi connectivity index (χ2v) is 16.8. The van der Waals surface area contributed by atoms with Crippen molar-refractivity contribution in [2.45, 2.75) is 6.17 Å². The lowest BCUT2D eigenvalue weighted by molar-refractivity contribution is 0.667. The standard InChI is InChI=1S/C55H34N4OS/c1-2-12-33(13-3-1)34-22-24-35(25-23-34)53-56-54(38-26-27-41-40-17-8-11-21-49(40)61-50(41)32-38)58-55(57-53)52-45(28-29-48-51(52)42-18-7-10-20-47(42)60-48)59-44-19-9-6-16-39(44)43-30-36-14-4-5-15-37(36)31-46(43)59/h1-32,53H,(H,56,57,58). The average Bonchev–Trinajstić information content (AvgIpc) is 4.00. The number of para-hydroxylation sites is 2. The summed E-state index contributed by atoms with van der Waals surface area (Å²) in [4.78, 5) is 11.0. The highest BCUT2D eigenvalue weighted by Crippen LogP contribution is 2.41. The Balaban J connectivity index is 1.08. The topological polar surface area (TPSA) is 54.8 Å². The summed E-state index contributed by atoms with van der Waals surface area (Å²) in [5, 5.41) is 13.2. The van der Waals surface area contributed by atoms with Gasteiger partial charge in [0.1, 0.15) is 23.2 Å². The van der Waals surface area contributed by atoms with Crippen LogP contribution in [0.15, 0.2) is 209 Å². The Kier molecular flexibility index (Phi) is 7.47. The van der Waals surface area contributed by atoms with Crippen LogP contribution in [-0.4, -0.2) is 16.2 Å². The van der Waals surface area contributed by atoms with Gasteiger partial charge in [0, 0.05) is 47.3 Å². The maximum absolute atomic E-state index is 6.62. The number of aromatic nitrogens is 1. The Morgan fingerprint density at radius 3 is 2.05 bits per heavy atom. The van der Waals surface area contributed by atoms with Gasteiger partial charge in [-0.15, -0.1) is 11.3 Å². The average molecular weight is 799 g/mol. The van der Waals surface area contributed by atoms with Gasteiger partial charge in [0.15, 0.2) is 5.84 Å². The number of aliphatic imine (C=N–C) groups is 2. The summed E-state index contributed by atoms with van der Waals surface area (Å²) in [5.74, 6) is 1.41. The zero-order valence-electron chi connectivity index (χ0n) is 32.7. The number of rotatable bonds is 5. The fourth-order valence-corrected chi connectivity index (χ4v) is 10.5. The Morgan fingerprint density at radius 1 is 0.492 bits per heavy atom. The van der Waals surface area contributed by atoms with Gasteiger partial charge in [-0.05, 0) is 76.0 Å². The van der Waals surface area contributed by atoms with Crippen molar-refractivity contribution in [2.24, 2.45) is 9.98 Å². The molecule has 4 heterocycles. The molecule has 12 aromatic rings. The first-order valence-electron chi connectivity index (χ1n) is 20.6. The molecule has 0 amide bonds. The van der Waals surface area contributed by atoms with Crippen molar-refractivity contribution >= 4 is 97.7 Å². The van der Waals surface area contributed by atoms with E-state index >= 15 is 0 Å². The van der Waals surface area contributed by atoms with Gasteiger partial charge in [-0.1, -0.05) is 146 Å². The van der Waals surface area contributed by atoms with Crippen molar-refractivity contribution in [3.8, 4) is 16.8 Å². The Bertz CT molecular complexity index is 3800. The molecule has 1 N–H and O–H groups in total. The molecule has 1 aliphatic heterocycles. The molecule has 3 aromatic heterocycles. The maximum Gasteiger partial charge on any atom is 0.159 e. The highest BCUT2D eigenvalue weighted by atomic mass is 32.1. The van der Waals surface area contributed by atoms with Crippen LogP contribution >= 0.6 is 11.3 Å². The van der Waals surface area contributed by atoms with E-state index in [2.05, 4.69) is 192 Å². The van der Waals surface area contributed by atoms with E-state index in [1.54, 1.807) is 11.3 Å². The fourth-order valence-electron chi connectivity index (χ4n) is 9.38. The van der Waals surface area contributed by atoms with Crippen LogP contribution in [0.3, 0.4) is 0 Å². The van der Waals surface area contributed by atoms with E-state index in [4.69, 9.17) is 14.4 Å². The van der Waals surface area contributed by atoms with E-state index in [0.717, 1.165) is 66.7 Å². The van der Waals surface area contributed by atoms with Crippen LogP contribution in [-0.2, 0) is 0 Å². The molecule has 1 aliphatic rings. The molecule has 0 spiro atoms. The van der Waals surface area contributed by atoms with Gasteiger partial charge in [0.05, 0.1) is 22.3 Å². The number of hydrogen-bond donors (Lipinski definition) is 1. The zero-order valence-corrected chi connectivity index (χ0v) is 33.5. The van der Waals surface area contributed by atoms with Gasteiger partial charge in [-0.25, -0.2) is 9.98 Å². The third-order valence-corrected chi connectivity index (χ3v) is 13.4. The molecular weight excluding hydrogens is 765 g/mol. The lowest BCUT2D eigenvalue weighted by Gasteiger charge is -2.26. The minimum atomic E-state index is -0.422. The smallest absolute Gasteiger partial charge is 0.159 e. The van der Waals surface area contributed by atoms with E-state index in [0.29, 0.717) is 5.84 Å². The van der Waals surface area contributed by atoms with Crippen LogP contribution in [0.2, 0.25) is 0 Å². The van der Waals surface area contributed by atoms with Crippen molar-refractivity contribution in [2.75, 3.05) is 0 Å². The predicted molar refractivity (Wildman–Crippen MR) is 256 cm³/mol. The molecule has 1 unspecified atom stereocenters. The second-order valence-electron chi connectivity index (χ2n) is 15.8. The summed E-state index contributed by atoms with van der Waals surface area (Å²) >= 11 is 1.81. The summed E-state index contributed by atoms with van der Waals surface area (Å²) in [6.45, 7) is 0. The molecule has 0 saturated heterocycles. The third-order valence-electron chi connectivity index (χ3n) is 12.3. The van der Waals surface area contributed by atoms with Crippen molar-refractivity contribution < 1.29 is 4.42 Å². The van der Waals surface area contributed by atoms with Crippen molar-refractivity contribution in [3.63, 3.8) is 0 Å². The quantitative estimate of drug-likeness (QED) is 0.189. The zero-order chi connectivity index (χ0) is 40.0. The predicted octanol–water partition coefficient (Wildman–Crippen LogP) is 14.4. The summed E-state index contributed by atoms with van der Waals surface area (Å²) in [7, 11) is 0. The molecule has 0 aliphatic carbocycles. The van der Waals surface area contributed by atoms with Crippen LogP contribution in [0.5, 0.6) is 0 Å². The molecule has 286 valence electrons. The van der Waals surface area contributed by atoms with Crippen LogP contribution in [0.4, 0.5) is 0 Å². The molecule has 9 aromatic carbocycles. The molecule has 0 radical (unpaired) electrons. The third kappa shape index (κ3) is 5.39. The minimum Gasteiger partial charge on any atom is -0.456 e. The molecule has 61 heavy (non-hydrogen) atoms. The van der Waals surface area contributed by atoms with Gasteiger partial charge in [0.25, 0.3) is 0 Å². The highest BCUT2D eigenvalue weighted by molar-refractivity contribution is 7.25. The van der Waals surface area contributed by atoms with Crippen LogP contribution in [0, 0.1) is 0 Å². The summed E-state index contributed by atoms with van der Waals surface area (Å²) < 4.78 is 11.5. The van der Waals surface area contributed by atoms with Crippen molar-refractivity contribution in [1.29, 1.82) is 0 Å². The van der Waals surface area contributed by atoms with Crippen molar-refractivity contribution in [1.82, 2.24) is 9.88 Å². The summed E-state index contributed by atoms with van der Waals surface area (Å²) in [6, 6.07) is 69.1. The van der Waals surface area contributed by atoms with Crippen LogP contribution < -0.4 is 5.32 Å². The summed E-state index contributed by atoms with van der Waals surface area (Å²) in [6.07, 6.45) is -0.422. The van der Waals surface area contributed by atoms with Gasteiger partial charge >= 0.3 is 0 Å². The molecular formula is C55H34N4OS. The van der Waals surface area contributed by atoms with Crippen LogP contribution in [0.1, 0.15) is 22.9 Å². The first kappa shape index (κ1) is 34.1. The minimum absolute atomic E-state index is 0.422. The molecule has 0 saturated carbocycles. The lowest BCUT2D eigenvalue weighted by atomic mass is 10.00. The molecule has 0 bridgehead atoms. The first-order chi connectivity index (χ1) is 30.2. The SMILES string of the molecule is c1ccc(-c2ccc(C3N=C(c4ccc5c(c4)sc4ccccc45)N=C(c4c(-n5c6ccccc6c6cc7ccccc7cc65)ccc5oc6ccccc6c45)N3)cc2)cc1.